The molecule has 3 rings (SSSR count). The average molecular weight is 496 g/mol. The molecule has 0 bridgehead atoms. The van der Waals surface area contributed by atoms with Crippen molar-refractivity contribution < 1.29 is 23.5 Å². The van der Waals surface area contributed by atoms with E-state index in [0.29, 0.717) is 41.0 Å². The fraction of sp³-hybridized carbons (Fsp3) is 0.391. The highest BCUT2D eigenvalue weighted by molar-refractivity contribution is 7.98. The maximum absolute atomic E-state index is 13.2. The molecular weight excluding hydrogens is 469 g/mol. The smallest absolute Gasteiger partial charge is 0.251 e. The lowest BCUT2D eigenvalue weighted by Crippen LogP contribution is -2.41. The summed E-state index contributed by atoms with van der Waals surface area (Å²) in [6.07, 6.45) is -0.508. The van der Waals surface area contributed by atoms with Gasteiger partial charge in [0.25, 0.3) is 5.91 Å². The van der Waals surface area contributed by atoms with E-state index in [-0.39, 0.29) is 24.2 Å². The van der Waals surface area contributed by atoms with Crippen LogP contribution < -0.4 is 16.0 Å². The van der Waals surface area contributed by atoms with E-state index in [1.807, 2.05) is 13.8 Å². The molecule has 0 spiro atoms. The van der Waals surface area contributed by atoms with Gasteiger partial charge < -0.3 is 25.4 Å². The normalized spacial score (nSPS) is 15.1. The molecule has 1 heterocycles. The van der Waals surface area contributed by atoms with E-state index < -0.39 is 12.3 Å². The van der Waals surface area contributed by atoms with Gasteiger partial charge in [0, 0.05) is 35.3 Å². The van der Waals surface area contributed by atoms with Crippen LogP contribution in [-0.2, 0) is 20.0 Å². The second-order valence-corrected chi connectivity index (χ2v) is 8.69. The number of halogens is 2. The van der Waals surface area contributed by atoms with Crippen LogP contribution in [-0.4, -0.2) is 49.7 Å². The molecule has 2 aromatic carbocycles. The lowest BCUT2D eigenvalue weighted by molar-refractivity contribution is -0.131. The van der Waals surface area contributed by atoms with Gasteiger partial charge >= 0.3 is 0 Å². The maximum atomic E-state index is 13.2. The quantitative estimate of drug-likeness (QED) is 0.403. The van der Waals surface area contributed by atoms with Crippen molar-refractivity contribution in [2.24, 2.45) is 0 Å². The minimum Gasteiger partial charge on any atom is -0.371 e. The topological polar surface area (TPSA) is 88.7 Å². The first-order valence-corrected chi connectivity index (χ1v) is 12.2. The standard InChI is InChI=1S/C23H27ClFN3O4S/c1-3-31-21(32-4-2)11-26-22(29)14-6-8-18-19(9-14)28-23(30)20(27-18)13-33-12-15-5-7-16(25)10-17(15)24/h5-10,20-21,27H,3-4,11-13H2,1-2H3,(H,26,29)(H,28,30). The van der Waals surface area contributed by atoms with Crippen molar-refractivity contribution in [1.29, 1.82) is 0 Å². The molecule has 1 aliphatic heterocycles. The molecule has 1 aliphatic rings. The first-order chi connectivity index (χ1) is 15.9. The van der Waals surface area contributed by atoms with Crippen molar-refractivity contribution in [3.05, 3.63) is 58.4 Å². The van der Waals surface area contributed by atoms with Crippen molar-refractivity contribution >= 4 is 46.6 Å². The molecule has 178 valence electrons. The van der Waals surface area contributed by atoms with E-state index in [9.17, 15) is 14.0 Å². The zero-order valence-corrected chi connectivity index (χ0v) is 20.0. The number of rotatable bonds is 11. The zero-order chi connectivity index (χ0) is 23.8. The molecule has 1 unspecified atom stereocenters. The van der Waals surface area contributed by atoms with Gasteiger partial charge in [-0.2, -0.15) is 11.8 Å². The molecule has 0 aromatic heterocycles. The summed E-state index contributed by atoms with van der Waals surface area (Å²) in [6, 6.07) is 8.93. The monoisotopic (exact) mass is 495 g/mol. The summed E-state index contributed by atoms with van der Waals surface area (Å²) in [4.78, 5) is 25.1. The zero-order valence-electron chi connectivity index (χ0n) is 18.5. The van der Waals surface area contributed by atoms with Crippen LogP contribution in [0.4, 0.5) is 15.8 Å². The Kier molecular flexibility index (Phi) is 9.37. The third-order valence-corrected chi connectivity index (χ3v) is 6.31. The minimum absolute atomic E-state index is 0.189. The number of anilines is 2. The van der Waals surface area contributed by atoms with Crippen LogP contribution in [0, 0.1) is 5.82 Å². The SMILES string of the molecule is CCOC(CNC(=O)c1ccc2c(c1)NC(=O)C(CSCc1ccc(F)cc1Cl)N2)OCC. The van der Waals surface area contributed by atoms with Gasteiger partial charge in [0.1, 0.15) is 11.9 Å². The van der Waals surface area contributed by atoms with Crippen LogP contribution in [0.5, 0.6) is 0 Å². The lowest BCUT2D eigenvalue weighted by Gasteiger charge is -2.27. The average Bonchev–Trinajstić information content (AvgIpc) is 2.79. The Labute approximate surface area is 201 Å². The van der Waals surface area contributed by atoms with Crippen LogP contribution in [0.25, 0.3) is 0 Å². The van der Waals surface area contributed by atoms with Crippen LogP contribution in [0.1, 0.15) is 29.8 Å². The summed E-state index contributed by atoms with van der Waals surface area (Å²) in [5.41, 5.74) is 2.51. The van der Waals surface area contributed by atoms with E-state index in [1.54, 1.807) is 24.3 Å². The minimum atomic E-state index is -0.508. The van der Waals surface area contributed by atoms with Crippen LogP contribution in [0.2, 0.25) is 5.02 Å². The number of hydrogen-bond donors (Lipinski definition) is 3. The molecule has 0 fully saturated rings. The second kappa shape index (κ2) is 12.2. The van der Waals surface area contributed by atoms with E-state index in [0.717, 1.165) is 11.3 Å². The Morgan fingerprint density at radius 3 is 2.64 bits per heavy atom. The van der Waals surface area contributed by atoms with Gasteiger partial charge in [0.05, 0.1) is 17.9 Å². The molecule has 33 heavy (non-hydrogen) atoms. The number of hydrogen-bond acceptors (Lipinski definition) is 6. The number of ether oxygens (including phenoxy) is 2. The van der Waals surface area contributed by atoms with Crippen LogP contribution in [0.3, 0.4) is 0 Å². The highest BCUT2D eigenvalue weighted by atomic mass is 35.5. The summed E-state index contributed by atoms with van der Waals surface area (Å²) < 4.78 is 24.0. The number of nitrogens with one attached hydrogen (secondary N) is 3. The lowest BCUT2D eigenvalue weighted by atomic mass is 10.1. The van der Waals surface area contributed by atoms with E-state index >= 15 is 0 Å². The van der Waals surface area contributed by atoms with Crippen molar-refractivity contribution in [3.8, 4) is 0 Å². The summed E-state index contributed by atoms with van der Waals surface area (Å²) in [5.74, 6) is 0.198. The summed E-state index contributed by atoms with van der Waals surface area (Å²) in [6.45, 7) is 4.90. The third-order valence-electron chi connectivity index (χ3n) is 4.88. The molecule has 3 N–H and O–H groups in total. The molecule has 0 aliphatic carbocycles. The Morgan fingerprint density at radius 2 is 1.94 bits per heavy atom. The fourth-order valence-corrected chi connectivity index (χ4v) is 4.62. The van der Waals surface area contributed by atoms with Crippen molar-refractivity contribution in [1.82, 2.24) is 5.32 Å². The van der Waals surface area contributed by atoms with Gasteiger partial charge in [-0.3, -0.25) is 9.59 Å². The molecule has 0 saturated heterocycles. The molecule has 2 aromatic rings. The van der Waals surface area contributed by atoms with E-state index in [4.69, 9.17) is 21.1 Å². The number of fused-ring (bicyclic) bond motifs is 1. The fourth-order valence-electron chi connectivity index (χ4n) is 3.25. The Morgan fingerprint density at radius 1 is 1.18 bits per heavy atom. The molecule has 2 amide bonds. The first-order valence-electron chi connectivity index (χ1n) is 10.7. The number of carbonyl (C=O) groups is 2. The van der Waals surface area contributed by atoms with Gasteiger partial charge in [0.2, 0.25) is 5.91 Å². The molecular formula is C23H27ClFN3O4S. The first kappa shape index (κ1) is 25.3. The third kappa shape index (κ3) is 7.07. The van der Waals surface area contributed by atoms with Crippen LogP contribution >= 0.6 is 23.4 Å². The van der Waals surface area contributed by atoms with Crippen molar-refractivity contribution in [3.63, 3.8) is 0 Å². The highest BCUT2D eigenvalue weighted by Crippen LogP contribution is 2.30. The number of amides is 2. The van der Waals surface area contributed by atoms with Crippen molar-refractivity contribution in [2.75, 3.05) is 36.1 Å². The largest absolute Gasteiger partial charge is 0.371 e. The summed E-state index contributed by atoms with van der Waals surface area (Å²) in [7, 11) is 0. The second-order valence-electron chi connectivity index (χ2n) is 7.25. The Balaban J connectivity index is 1.55. The number of thioether (sulfide) groups is 1. The van der Waals surface area contributed by atoms with Gasteiger partial charge in [-0.25, -0.2) is 4.39 Å². The highest BCUT2D eigenvalue weighted by Gasteiger charge is 2.26. The Hall–Kier alpha value is -2.33. The summed E-state index contributed by atoms with van der Waals surface area (Å²) in [5, 5.41) is 9.22. The van der Waals surface area contributed by atoms with Crippen molar-refractivity contribution in [2.45, 2.75) is 31.9 Å². The predicted octanol–water partition coefficient (Wildman–Crippen LogP) is 4.27. The number of benzene rings is 2. The van der Waals surface area contributed by atoms with Gasteiger partial charge in [-0.1, -0.05) is 17.7 Å². The Bertz CT molecular complexity index is 988. The van der Waals surface area contributed by atoms with Gasteiger partial charge in [-0.15, -0.1) is 0 Å². The summed E-state index contributed by atoms with van der Waals surface area (Å²) >= 11 is 7.58. The van der Waals surface area contributed by atoms with E-state index in [2.05, 4.69) is 16.0 Å². The number of carbonyl (C=O) groups excluding carboxylic acids is 2. The molecule has 0 saturated carbocycles. The molecule has 0 radical (unpaired) electrons. The van der Waals surface area contributed by atoms with Crippen LogP contribution in [0.15, 0.2) is 36.4 Å². The molecule has 1 atom stereocenters. The predicted molar refractivity (Wildman–Crippen MR) is 129 cm³/mol. The molecule has 7 nitrogen and oxygen atoms in total. The molecule has 10 heteroatoms. The van der Waals surface area contributed by atoms with E-state index in [1.165, 1.54) is 23.9 Å². The van der Waals surface area contributed by atoms with Gasteiger partial charge in [-0.05, 0) is 49.7 Å². The maximum Gasteiger partial charge on any atom is 0.251 e. The van der Waals surface area contributed by atoms with Gasteiger partial charge in [0.15, 0.2) is 6.29 Å².